The van der Waals surface area contributed by atoms with E-state index in [4.69, 9.17) is 11.6 Å². The Balaban J connectivity index is 2.29. The Morgan fingerprint density at radius 1 is 1.53 bits per heavy atom. The summed E-state index contributed by atoms with van der Waals surface area (Å²) in [6.07, 6.45) is 0.558. The molecule has 1 amide bonds. The third-order valence-corrected chi connectivity index (χ3v) is 3.77. The lowest BCUT2D eigenvalue weighted by Crippen LogP contribution is -2.30. The van der Waals surface area contributed by atoms with Crippen LogP contribution in [0.1, 0.15) is 42.6 Å². The van der Waals surface area contributed by atoms with Crippen LogP contribution in [0.3, 0.4) is 0 Å². The summed E-state index contributed by atoms with van der Waals surface area (Å²) in [4.78, 5) is 18.0. The predicted octanol–water partition coefficient (Wildman–Crippen LogP) is 3.29. The van der Waals surface area contributed by atoms with Gasteiger partial charge in [-0.2, -0.15) is 0 Å². The number of aromatic nitrogens is 1. The molecule has 104 valence electrons. The second kappa shape index (κ2) is 5.45. The van der Waals surface area contributed by atoms with Gasteiger partial charge in [-0.25, -0.2) is 9.37 Å². The Labute approximate surface area is 117 Å². The van der Waals surface area contributed by atoms with Crippen molar-refractivity contribution in [2.45, 2.75) is 32.9 Å². The molecule has 1 aromatic heterocycles. The van der Waals surface area contributed by atoms with E-state index in [9.17, 15) is 9.18 Å². The van der Waals surface area contributed by atoms with Crippen LogP contribution in [0.5, 0.6) is 0 Å². The van der Waals surface area contributed by atoms with E-state index < -0.39 is 6.17 Å². The van der Waals surface area contributed by atoms with Gasteiger partial charge in [-0.3, -0.25) is 4.79 Å². The minimum atomic E-state index is -0.938. The SMILES string of the molecule is CC(C)c1cc(Cl)ncc1C(=O)N1CC(C)C(F)C1. The van der Waals surface area contributed by atoms with Crippen LogP contribution >= 0.6 is 11.6 Å². The van der Waals surface area contributed by atoms with Gasteiger partial charge in [0.15, 0.2) is 0 Å². The molecular weight excluding hydrogens is 267 g/mol. The summed E-state index contributed by atoms with van der Waals surface area (Å²) in [5.41, 5.74) is 1.39. The fraction of sp³-hybridized carbons (Fsp3) is 0.571. The second-order valence-corrected chi connectivity index (χ2v) is 5.84. The highest BCUT2D eigenvalue weighted by Crippen LogP contribution is 2.26. The minimum Gasteiger partial charge on any atom is -0.335 e. The summed E-state index contributed by atoms with van der Waals surface area (Å²) in [6, 6.07) is 1.71. The number of amides is 1. The van der Waals surface area contributed by atoms with E-state index in [1.54, 1.807) is 11.0 Å². The first kappa shape index (κ1) is 14.3. The average molecular weight is 285 g/mol. The Morgan fingerprint density at radius 3 is 2.74 bits per heavy atom. The van der Waals surface area contributed by atoms with Crippen molar-refractivity contribution in [1.82, 2.24) is 9.88 Å². The van der Waals surface area contributed by atoms with Gasteiger partial charge in [0.1, 0.15) is 11.3 Å². The fourth-order valence-electron chi connectivity index (χ4n) is 2.36. The maximum absolute atomic E-state index is 13.5. The molecule has 0 N–H and O–H groups in total. The number of nitrogens with zero attached hydrogens (tertiary/aromatic N) is 2. The largest absolute Gasteiger partial charge is 0.335 e. The summed E-state index contributed by atoms with van der Waals surface area (Å²) in [6.45, 7) is 6.43. The molecule has 5 heteroatoms. The summed E-state index contributed by atoms with van der Waals surface area (Å²) < 4.78 is 13.5. The van der Waals surface area contributed by atoms with Crippen LogP contribution in [0, 0.1) is 5.92 Å². The van der Waals surface area contributed by atoms with Crippen LogP contribution in [-0.4, -0.2) is 35.1 Å². The molecule has 1 aliphatic heterocycles. The average Bonchev–Trinajstić information content (AvgIpc) is 2.68. The quantitative estimate of drug-likeness (QED) is 0.781. The molecule has 1 aliphatic rings. The molecule has 1 aromatic rings. The smallest absolute Gasteiger partial charge is 0.255 e. The number of halogens is 2. The van der Waals surface area contributed by atoms with Gasteiger partial charge < -0.3 is 4.90 Å². The zero-order chi connectivity index (χ0) is 14.2. The van der Waals surface area contributed by atoms with Crippen LogP contribution in [0.25, 0.3) is 0 Å². The summed E-state index contributed by atoms with van der Waals surface area (Å²) >= 11 is 5.88. The number of carbonyl (C=O) groups is 1. The molecule has 2 unspecified atom stereocenters. The van der Waals surface area contributed by atoms with Crippen LogP contribution in [-0.2, 0) is 0 Å². The molecule has 0 saturated carbocycles. The topological polar surface area (TPSA) is 33.2 Å². The number of carbonyl (C=O) groups excluding carboxylic acids is 1. The Hall–Kier alpha value is -1.16. The number of pyridine rings is 1. The summed E-state index contributed by atoms with van der Waals surface area (Å²) in [5, 5.41) is 0.374. The Kier molecular flexibility index (Phi) is 4.09. The Bertz CT molecular complexity index is 482. The molecule has 0 bridgehead atoms. The van der Waals surface area contributed by atoms with E-state index in [0.29, 0.717) is 17.3 Å². The van der Waals surface area contributed by atoms with Crippen LogP contribution < -0.4 is 0 Å². The zero-order valence-corrected chi connectivity index (χ0v) is 12.1. The molecule has 2 heterocycles. The number of rotatable bonds is 2. The lowest BCUT2D eigenvalue weighted by Gasteiger charge is -2.19. The third kappa shape index (κ3) is 2.89. The molecule has 19 heavy (non-hydrogen) atoms. The molecule has 3 nitrogen and oxygen atoms in total. The summed E-state index contributed by atoms with van der Waals surface area (Å²) in [7, 11) is 0. The first-order chi connectivity index (χ1) is 8.90. The molecule has 0 aliphatic carbocycles. The first-order valence-corrected chi connectivity index (χ1v) is 6.86. The van der Waals surface area contributed by atoms with E-state index in [0.717, 1.165) is 5.56 Å². The van der Waals surface area contributed by atoms with Crippen molar-refractivity contribution in [3.05, 3.63) is 28.5 Å². The van der Waals surface area contributed by atoms with Gasteiger partial charge in [0.25, 0.3) is 5.91 Å². The van der Waals surface area contributed by atoms with Crippen molar-refractivity contribution in [3.8, 4) is 0 Å². The van der Waals surface area contributed by atoms with Crippen molar-refractivity contribution in [2.75, 3.05) is 13.1 Å². The number of likely N-dealkylation sites (tertiary alicyclic amines) is 1. The van der Waals surface area contributed by atoms with Crippen molar-refractivity contribution >= 4 is 17.5 Å². The molecule has 1 fully saturated rings. The van der Waals surface area contributed by atoms with Crippen molar-refractivity contribution in [2.24, 2.45) is 5.92 Å². The predicted molar refractivity (Wildman–Crippen MR) is 73.3 cm³/mol. The van der Waals surface area contributed by atoms with Gasteiger partial charge in [-0.15, -0.1) is 0 Å². The van der Waals surface area contributed by atoms with Gasteiger partial charge in [-0.05, 0) is 17.5 Å². The second-order valence-electron chi connectivity index (χ2n) is 5.45. The maximum Gasteiger partial charge on any atom is 0.255 e. The van der Waals surface area contributed by atoms with E-state index in [1.165, 1.54) is 6.20 Å². The standard InChI is InChI=1S/C14H18ClFN2O/c1-8(2)10-4-13(15)17-5-11(10)14(19)18-6-9(3)12(16)7-18/h4-5,8-9,12H,6-7H2,1-3H3. The van der Waals surface area contributed by atoms with E-state index in [-0.39, 0.29) is 24.3 Å². The normalized spacial score (nSPS) is 23.2. The van der Waals surface area contributed by atoms with Gasteiger partial charge >= 0.3 is 0 Å². The number of alkyl halides is 1. The lowest BCUT2D eigenvalue weighted by atomic mass is 9.98. The van der Waals surface area contributed by atoms with Gasteiger partial charge in [0, 0.05) is 18.7 Å². The molecular formula is C14H18ClFN2O. The highest BCUT2D eigenvalue weighted by molar-refractivity contribution is 6.29. The summed E-state index contributed by atoms with van der Waals surface area (Å²) in [5.74, 6) is -0.0905. The van der Waals surface area contributed by atoms with Crippen LogP contribution in [0.4, 0.5) is 4.39 Å². The van der Waals surface area contributed by atoms with Gasteiger partial charge in [0.2, 0.25) is 0 Å². The molecule has 0 radical (unpaired) electrons. The molecule has 0 spiro atoms. The van der Waals surface area contributed by atoms with E-state index >= 15 is 0 Å². The van der Waals surface area contributed by atoms with Crippen LogP contribution in [0.15, 0.2) is 12.3 Å². The highest BCUT2D eigenvalue weighted by Gasteiger charge is 2.33. The lowest BCUT2D eigenvalue weighted by molar-refractivity contribution is 0.0779. The van der Waals surface area contributed by atoms with Crippen molar-refractivity contribution < 1.29 is 9.18 Å². The van der Waals surface area contributed by atoms with Crippen molar-refractivity contribution in [1.29, 1.82) is 0 Å². The minimum absolute atomic E-state index is 0.105. The van der Waals surface area contributed by atoms with Crippen LogP contribution in [0.2, 0.25) is 5.15 Å². The highest BCUT2D eigenvalue weighted by atomic mass is 35.5. The Morgan fingerprint density at radius 2 is 2.21 bits per heavy atom. The number of hydrogen-bond donors (Lipinski definition) is 0. The molecule has 0 aromatic carbocycles. The van der Waals surface area contributed by atoms with Crippen molar-refractivity contribution in [3.63, 3.8) is 0 Å². The molecule has 2 rings (SSSR count). The monoisotopic (exact) mass is 284 g/mol. The maximum atomic E-state index is 13.5. The zero-order valence-electron chi connectivity index (χ0n) is 11.4. The molecule has 1 saturated heterocycles. The van der Waals surface area contributed by atoms with Gasteiger partial charge in [0.05, 0.1) is 12.1 Å². The fourth-order valence-corrected chi connectivity index (χ4v) is 2.53. The van der Waals surface area contributed by atoms with Gasteiger partial charge in [-0.1, -0.05) is 32.4 Å². The molecule has 2 atom stereocenters. The third-order valence-electron chi connectivity index (χ3n) is 3.56. The van der Waals surface area contributed by atoms with E-state index in [1.807, 2.05) is 20.8 Å². The number of hydrogen-bond acceptors (Lipinski definition) is 2. The van der Waals surface area contributed by atoms with E-state index in [2.05, 4.69) is 4.98 Å². The first-order valence-electron chi connectivity index (χ1n) is 6.49.